The smallest absolute Gasteiger partial charge is 0.237 e. The van der Waals surface area contributed by atoms with Crippen LogP contribution in [0.15, 0.2) is 12.7 Å². The van der Waals surface area contributed by atoms with E-state index in [4.69, 9.17) is 4.74 Å². The monoisotopic (exact) mass is 391 g/mol. The quantitative estimate of drug-likeness (QED) is 0.324. The minimum absolute atomic E-state index is 0.0296. The van der Waals surface area contributed by atoms with Crippen molar-refractivity contribution in [1.82, 2.24) is 30.6 Å². The molecule has 2 saturated heterocycles. The first-order chi connectivity index (χ1) is 13.5. The summed E-state index contributed by atoms with van der Waals surface area (Å²) in [6.07, 6.45) is 0.546. The number of aromatic nitrogens is 4. The molecule has 0 spiro atoms. The number of hydrogen-bond acceptors (Lipinski definition) is 10. The Morgan fingerprint density at radius 3 is 2.96 bits per heavy atom. The molecule has 0 unspecified atom stereocenters. The molecule has 12 heteroatoms. The molecule has 0 aromatic carbocycles. The maximum Gasteiger partial charge on any atom is 0.237 e. The Morgan fingerprint density at radius 2 is 2.21 bits per heavy atom. The van der Waals surface area contributed by atoms with Gasteiger partial charge in [0.05, 0.1) is 31.6 Å². The van der Waals surface area contributed by atoms with E-state index >= 15 is 0 Å². The maximum atomic E-state index is 12.3. The topological polar surface area (TPSA) is 174 Å². The number of nitrogens with one attached hydrogen (secondary N) is 4. The Balaban J connectivity index is 1.42. The molecule has 2 aliphatic heterocycles. The Bertz CT molecular complexity index is 874. The molecule has 0 radical (unpaired) electrons. The Kier molecular flexibility index (Phi) is 5.17. The lowest BCUT2D eigenvalue weighted by atomic mass is 9.98. The molecule has 5 atom stereocenters. The van der Waals surface area contributed by atoms with E-state index in [2.05, 4.69) is 35.9 Å². The molecule has 6 N–H and O–H groups in total. The Hall–Kier alpha value is -2.67. The van der Waals surface area contributed by atoms with Crippen molar-refractivity contribution in [3.63, 3.8) is 0 Å². The van der Waals surface area contributed by atoms with Gasteiger partial charge in [0.15, 0.2) is 17.7 Å². The van der Waals surface area contributed by atoms with Gasteiger partial charge in [-0.2, -0.15) is 0 Å². The van der Waals surface area contributed by atoms with Gasteiger partial charge >= 0.3 is 0 Å². The molecule has 1 amide bonds. The molecule has 2 aromatic rings. The fraction of sp³-hybridized carbons (Fsp3) is 0.562. The van der Waals surface area contributed by atoms with Crippen LogP contribution in [0.3, 0.4) is 0 Å². The molecular weight excluding hydrogens is 370 g/mol. The average Bonchev–Trinajstić information content (AvgIpc) is 3.33. The van der Waals surface area contributed by atoms with E-state index in [0.29, 0.717) is 17.0 Å². The van der Waals surface area contributed by atoms with Gasteiger partial charge in [0.25, 0.3) is 0 Å². The van der Waals surface area contributed by atoms with Crippen LogP contribution < -0.4 is 16.0 Å². The van der Waals surface area contributed by atoms with E-state index < -0.39 is 30.5 Å². The number of ketones is 1. The van der Waals surface area contributed by atoms with Gasteiger partial charge in [0, 0.05) is 12.8 Å². The van der Waals surface area contributed by atoms with Gasteiger partial charge < -0.3 is 30.6 Å². The van der Waals surface area contributed by atoms with E-state index in [1.165, 1.54) is 12.7 Å². The van der Waals surface area contributed by atoms with E-state index in [9.17, 15) is 19.8 Å². The number of amides is 1. The van der Waals surface area contributed by atoms with Crippen LogP contribution in [0, 0.1) is 0 Å². The molecule has 0 saturated carbocycles. The number of hydrogen-bond donors (Lipinski definition) is 6. The summed E-state index contributed by atoms with van der Waals surface area (Å²) in [5, 5.41) is 28.8. The molecule has 2 aliphatic rings. The molecule has 28 heavy (non-hydrogen) atoms. The van der Waals surface area contributed by atoms with E-state index in [0.717, 1.165) is 0 Å². The number of anilines is 1. The van der Waals surface area contributed by atoms with Crippen LogP contribution in [-0.4, -0.2) is 85.5 Å². The fourth-order valence-electron chi connectivity index (χ4n) is 3.45. The number of aliphatic hydroxyl groups excluding tert-OH is 2. The van der Waals surface area contributed by atoms with Gasteiger partial charge in [-0.05, 0) is 0 Å². The van der Waals surface area contributed by atoms with Gasteiger partial charge in [0.1, 0.15) is 29.8 Å². The summed E-state index contributed by atoms with van der Waals surface area (Å²) in [6, 6.07) is -1.20. The van der Waals surface area contributed by atoms with Crippen molar-refractivity contribution in [2.24, 2.45) is 0 Å². The normalized spacial score (nSPS) is 30.5. The zero-order chi connectivity index (χ0) is 19.7. The predicted octanol–water partition coefficient (Wildman–Crippen LogP) is -2.35. The van der Waals surface area contributed by atoms with Crippen molar-refractivity contribution in [2.45, 2.75) is 43.4 Å². The van der Waals surface area contributed by atoms with Crippen LogP contribution in [0.25, 0.3) is 11.2 Å². The van der Waals surface area contributed by atoms with E-state index in [1.54, 1.807) is 0 Å². The first-order valence-electron chi connectivity index (χ1n) is 8.95. The minimum atomic E-state index is -0.973. The molecule has 12 nitrogen and oxygen atoms in total. The lowest BCUT2D eigenvalue weighted by Crippen LogP contribution is -2.59. The van der Waals surface area contributed by atoms with Crippen molar-refractivity contribution in [3.05, 3.63) is 12.7 Å². The number of imidazole rings is 1. The number of aromatic amines is 1. The largest absolute Gasteiger partial charge is 0.394 e. The minimum Gasteiger partial charge on any atom is -0.394 e. The second-order valence-electron chi connectivity index (χ2n) is 6.84. The van der Waals surface area contributed by atoms with Gasteiger partial charge in [-0.15, -0.1) is 0 Å². The van der Waals surface area contributed by atoms with Crippen molar-refractivity contribution >= 4 is 28.7 Å². The van der Waals surface area contributed by atoms with Crippen LogP contribution in [-0.2, 0) is 14.3 Å². The summed E-state index contributed by atoms with van der Waals surface area (Å²) < 4.78 is 5.77. The Labute approximate surface area is 159 Å². The number of aliphatic hydroxyl groups is 2. The van der Waals surface area contributed by atoms with Crippen molar-refractivity contribution in [1.29, 1.82) is 0 Å². The number of ether oxygens (including phenoxy) is 1. The van der Waals surface area contributed by atoms with Crippen molar-refractivity contribution in [2.75, 3.05) is 18.5 Å². The average molecular weight is 391 g/mol. The number of carbonyl (C=O) groups excluding carboxylic acids is 2. The molecule has 4 rings (SSSR count). The third-order valence-corrected chi connectivity index (χ3v) is 4.92. The lowest BCUT2D eigenvalue weighted by Gasteiger charge is -2.39. The van der Waals surface area contributed by atoms with Crippen LogP contribution in [0.1, 0.15) is 12.8 Å². The predicted molar refractivity (Wildman–Crippen MR) is 95.0 cm³/mol. The standard InChI is InChI=1S/C16H21N7O5/c24-4-11-8(22-15(27)9-1-7(25)3-17-9)2-10(26)16(28-11)23-14-12-13(19-5-18-12)20-6-21-14/h5-6,8-11,16-17,24,26H,1-4H2,(H,22,27)(H2,18,19,20,21,23)/t8-,9-,10+,11+,16+/m1/s1. The molecule has 4 heterocycles. The van der Waals surface area contributed by atoms with Crippen molar-refractivity contribution in [3.8, 4) is 0 Å². The summed E-state index contributed by atoms with van der Waals surface area (Å²) in [4.78, 5) is 38.8. The summed E-state index contributed by atoms with van der Waals surface area (Å²) in [5.74, 6) is 0.0175. The summed E-state index contributed by atoms with van der Waals surface area (Å²) in [5.41, 5.74) is 1.02. The highest BCUT2D eigenvalue weighted by Crippen LogP contribution is 2.24. The zero-order valence-electron chi connectivity index (χ0n) is 14.8. The highest BCUT2D eigenvalue weighted by Gasteiger charge is 2.39. The number of H-pyrrole nitrogens is 1. The van der Waals surface area contributed by atoms with Crippen molar-refractivity contribution < 1.29 is 24.5 Å². The molecule has 2 aromatic heterocycles. The second kappa shape index (κ2) is 7.75. The van der Waals surface area contributed by atoms with Gasteiger partial charge in [-0.3, -0.25) is 14.9 Å². The second-order valence-corrected chi connectivity index (χ2v) is 6.84. The number of fused-ring (bicyclic) bond motifs is 1. The maximum absolute atomic E-state index is 12.3. The first-order valence-corrected chi connectivity index (χ1v) is 8.95. The zero-order valence-corrected chi connectivity index (χ0v) is 14.8. The number of carbonyl (C=O) groups is 2. The van der Waals surface area contributed by atoms with Crippen LogP contribution in [0.5, 0.6) is 0 Å². The lowest BCUT2D eigenvalue weighted by molar-refractivity contribution is -0.143. The summed E-state index contributed by atoms with van der Waals surface area (Å²) >= 11 is 0. The highest BCUT2D eigenvalue weighted by molar-refractivity contribution is 5.93. The van der Waals surface area contributed by atoms with Gasteiger partial charge in [-0.25, -0.2) is 15.0 Å². The SMILES string of the molecule is O=C1CN[C@@H](C(=O)N[C@@H]2C[C@H](O)[C@@H](Nc3ncnc4nc[nH]c34)O[C@H]2CO)C1. The van der Waals surface area contributed by atoms with Crippen LogP contribution in [0.4, 0.5) is 5.82 Å². The molecule has 0 aliphatic carbocycles. The van der Waals surface area contributed by atoms with Crippen LogP contribution in [0.2, 0.25) is 0 Å². The number of rotatable bonds is 5. The number of nitrogens with zero attached hydrogens (tertiary/aromatic N) is 3. The molecule has 0 bridgehead atoms. The molecule has 2 fully saturated rings. The van der Waals surface area contributed by atoms with E-state index in [-0.39, 0.29) is 37.7 Å². The third-order valence-electron chi connectivity index (χ3n) is 4.92. The van der Waals surface area contributed by atoms with Crippen LogP contribution >= 0.6 is 0 Å². The molecular formula is C16H21N7O5. The highest BCUT2D eigenvalue weighted by atomic mass is 16.5. The Morgan fingerprint density at radius 1 is 1.36 bits per heavy atom. The van der Waals surface area contributed by atoms with Gasteiger partial charge in [0.2, 0.25) is 5.91 Å². The summed E-state index contributed by atoms with van der Waals surface area (Å²) in [7, 11) is 0. The number of Topliss-reactive ketones (excluding diaryl/α,β-unsaturated/α-hetero) is 1. The van der Waals surface area contributed by atoms with Gasteiger partial charge in [-0.1, -0.05) is 0 Å². The first kappa shape index (κ1) is 18.7. The van der Waals surface area contributed by atoms with E-state index in [1.807, 2.05) is 0 Å². The molecule has 150 valence electrons. The third kappa shape index (κ3) is 3.67. The summed E-state index contributed by atoms with van der Waals surface area (Å²) in [6.45, 7) is -0.186. The fourth-order valence-corrected chi connectivity index (χ4v) is 3.45.